The summed E-state index contributed by atoms with van der Waals surface area (Å²) < 4.78 is 1.71. The maximum absolute atomic E-state index is 13.1. The van der Waals surface area contributed by atoms with Crippen LogP contribution in [0.3, 0.4) is 0 Å². The molecule has 1 aliphatic heterocycles. The number of hydrogen-bond donors (Lipinski definition) is 0. The van der Waals surface area contributed by atoms with Gasteiger partial charge in [-0.05, 0) is 37.7 Å². The van der Waals surface area contributed by atoms with Gasteiger partial charge in [0, 0.05) is 25.0 Å². The van der Waals surface area contributed by atoms with Gasteiger partial charge in [-0.25, -0.2) is 4.52 Å². The number of amides is 1. The normalized spacial score (nSPS) is 17.8. The quantitative estimate of drug-likeness (QED) is 0.735. The van der Waals surface area contributed by atoms with Crippen LogP contribution in [-0.4, -0.2) is 38.0 Å². The first kappa shape index (κ1) is 15.8. The van der Waals surface area contributed by atoms with E-state index in [1.54, 1.807) is 29.3 Å². The summed E-state index contributed by atoms with van der Waals surface area (Å²) in [4.78, 5) is 19.3. The Balaban J connectivity index is 1.53. The van der Waals surface area contributed by atoms with E-state index in [2.05, 4.69) is 39.2 Å². The van der Waals surface area contributed by atoms with Crippen molar-refractivity contribution in [1.82, 2.24) is 19.5 Å². The first-order valence-electron chi connectivity index (χ1n) is 8.95. The summed E-state index contributed by atoms with van der Waals surface area (Å²) in [5.41, 5.74) is 2.76. The van der Waals surface area contributed by atoms with Crippen LogP contribution in [0.15, 0.2) is 55.1 Å². The lowest BCUT2D eigenvalue weighted by atomic mass is 9.95. The number of carbonyl (C=O) groups excluding carboxylic acids is 1. The predicted molar refractivity (Wildman–Crippen MR) is 96.4 cm³/mol. The number of aryl methyl sites for hydroxylation is 1. The molecule has 1 aromatic carbocycles. The van der Waals surface area contributed by atoms with Gasteiger partial charge in [-0.1, -0.05) is 30.3 Å². The minimum Gasteiger partial charge on any atom is -0.336 e. The van der Waals surface area contributed by atoms with Crippen LogP contribution in [0.4, 0.5) is 0 Å². The highest BCUT2D eigenvalue weighted by molar-refractivity contribution is 6.00. The summed E-state index contributed by atoms with van der Waals surface area (Å²) in [5, 5.41) is 4.28. The van der Waals surface area contributed by atoms with Crippen molar-refractivity contribution in [2.24, 2.45) is 0 Å². The zero-order chi connectivity index (χ0) is 17.1. The number of nitrogens with zero attached hydrogens (tertiary/aromatic N) is 4. The number of aromatic nitrogens is 3. The number of likely N-dealkylation sites (tertiary alicyclic amines) is 1. The standard InChI is InChI=1S/C20H22N4O/c25-20(18-14-22-24-13-11-21-15-19(18)24)23-12-5-4-8-17(23)10-9-16-6-2-1-3-7-16/h1-3,6-7,11,13-15,17H,4-5,8-10,12H2/t17-/m0/s1. The Kier molecular flexibility index (Phi) is 4.46. The van der Waals surface area contributed by atoms with E-state index in [9.17, 15) is 4.79 Å². The fourth-order valence-corrected chi connectivity index (χ4v) is 3.70. The van der Waals surface area contributed by atoms with Crippen molar-refractivity contribution in [2.75, 3.05) is 6.54 Å². The summed E-state index contributed by atoms with van der Waals surface area (Å²) in [6.07, 6.45) is 12.2. The van der Waals surface area contributed by atoms with Crippen LogP contribution < -0.4 is 0 Å². The Morgan fingerprint density at radius 2 is 2.04 bits per heavy atom. The van der Waals surface area contributed by atoms with Gasteiger partial charge in [-0.3, -0.25) is 9.78 Å². The average molecular weight is 334 g/mol. The maximum atomic E-state index is 13.1. The first-order valence-corrected chi connectivity index (χ1v) is 8.95. The van der Waals surface area contributed by atoms with E-state index in [0.29, 0.717) is 11.6 Å². The summed E-state index contributed by atoms with van der Waals surface area (Å²) >= 11 is 0. The maximum Gasteiger partial charge on any atom is 0.257 e. The lowest BCUT2D eigenvalue weighted by molar-refractivity contribution is 0.0604. The van der Waals surface area contributed by atoms with Crippen LogP contribution in [0.5, 0.6) is 0 Å². The smallest absolute Gasteiger partial charge is 0.257 e. The fraction of sp³-hybridized carbons (Fsp3) is 0.350. The highest BCUT2D eigenvalue weighted by Gasteiger charge is 2.28. The van der Waals surface area contributed by atoms with Crippen molar-refractivity contribution in [3.05, 3.63) is 66.2 Å². The number of benzene rings is 1. The monoisotopic (exact) mass is 334 g/mol. The molecule has 3 heterocycles. The zero-order valence-electron chi connectivity index (χ0n) is 14.2. The summed E-state index contributed by atoms with van der Waals surface area (Å²) in [6.45, 7) is 0.829. The Bertz CT molecular complexity index is 858. The minimum absolute atomic E-state index is 0.0840. The second-order valence-electron chi connectivity index (χ2n) is 6.64. The lowest BCUT2D eigenvalue weighted by Crippen LogP contribution is -2.44. The molecule has 1 aliphatic rings. The molecule has 0 aliphatic carbocycles. The summed E-state index contributed by atoms with van der Waals surface area (Å²) in [7, 11) is 0. The molecule has 0 N–H and O–H groups in total. The van der Waals surface area contributed by atoms with E-state index in [1.807, 2.05) is 6.07 Å². The van der Waals surface area contributed by atoms with E-state index in [1.165, 1.54) is 12.0 Å². The van der Waals surface area contributed by atoms with E-state index in [-0.39, 0.29) is 5.91 Å². The SMILES string of the molecule is O=C(c1cnn2ccncc12)N1CCCC[C@H]1CCc1ccccc1. The van der Waals surface area contributed by atoms with Gasteiger partial charge in [0.05, 0.1) is 23.5 Å². The largest absolute Gasteiger partial charge is 0.336 e. The van der Waals surface area contributed by atoms with Crippen LogP contribution >= 0.6 is 0 Å². The molecule has 3 aromatic rings. The van der Waals surface area contributed by atoms with Crippen LogP contribution in [0, 0.1) is 0 Å². The Morgan fingerprint density at radius 3 is 2.92 bits per heavy atom. The van der Waals surface area contributed by atoms with E-state index in [0.717, 1.165) is 37.7 Å². The molecule has 5 heteroatoms. The molecule has 1 fully saturated rings. The second kappa shape index (κ2) is 7.05. The molecule has 0 saturated carbocycles. The van der Waals surface area contributed by atoms with Gasteiger partial charge in [0.15, 0.2) is 0 Å². The van der Waals surface area contributed by atoms with Gasteiger partial charge in [0.25, 0.3) is 5.91 Å². The molecule has 0 unspecified atom stereocenters. The van der Waals surface area contributed by atoms with Gasteiger partial charge in [0.2, 0.25) is 0 Å². The molecule has 0 radical (unpaired) electrons. The fourth-order valence-electron chi connectivity index (χ4n) is 3.70. The van der Waals surface area contributed by atoms with Gasteiger partial charge in [-0.15, -0.1) is 0 Å². The third-order valence-corrected chi connectivity index (χ3v) is 5.05. The number of piperidine rings is 1. The summed E-state index contributed by atoms with van der Waals surface area (Å²) in [5.74, 6) is 0.0840. The van der Waals surface area contributed by atoms with Gasteiger partial charge in [0.1, 0.15) is 0 Å². The third-order valence-electron chi connectivity index (χ3n) is 5.05. The van der Waals surface area contributed by atoms with Crippen molar-refractivity contribution < 1.29 is 4.79 Å². The molecule has 4 rings (SSSR count). The Morgan fingerprint density at radius 1 is 1.16 bits per heavy atom. The lowest BCUT2D eigenvalue weighted by Gasteiger charge is -2.36. The van der Waals surface area contributed by atoms with E-state index in [4.69, 9.17) is 0 Å². The molecule has 1 saturated heterocycles. The minimum atomic E-state index is 0.0840. The van der Waals surface area contributed by atoms with Crippen molar-refractivity contribution in [2.45, 2.75) is 38.1 Å². The highest BCUT2D eigenvalue weighted by atomic mass is 16.2. The van der Waals surface area contributed by atoms with Gasteiger partial charge in [-0.2, -0.15) is 5.10 Å². The molecular weight excluding hydrogens is 312 g/mol. The Hall–Kier alpha value is -2.69. The number of fused-ring (bicyclic) bond motifs is 1. The van der Waals surface area contributed by atoms with Crippen LogP contribution in [0.2, 0.25) is 0 Å². The molecule has 0 bridgehead atoms. The molecule has 0 spiro atoms. The second-order valence-corrected chi connectivity index (χ2v) is 6.64. The van der Waals surface area contributed by atoms with E-state index < -0.39 is 0 Å². The molecule has 5 nitrogen and oxygen atoms in total. The number of hydrogen-bond acceptors (Lipinski definition) is 3. The van der Waals surface area contributed by atoms with Crippen LogP contribution in [0.1, 0.15) is 41.6 Å². The van der Waals surface area contributed by atoms with Crippen molar-refractivity contribution in [1.29, 1.82) is 0 Å². The van der Waals surface area contributed by atoms with Crippen LogP contribution in [-0.2, 0) is 6.42 Å². The topological polar surface area (TPSA) is 50.5 Å². The highest BCUT2D eigenvalue weighted by Crippen LogP contribution is 2.24. The van der Waals surface area contributed by atoms with E-state index >= 15 is 0 Å². The zero-order valence-corrected chi connectivity index (χ0v) is 14.2. The molecule has 2 aromatic heterocycles. The van der Waals surface area contributed by atoms with Crippen molar-refractivity contribution >= 4 is 11.4 Å². The molecule has 1 atom stereocenters. The number of carbonyl (C=O) groups is 1. The van der Waals surface area contributed by atoms with Crippen molar-refractivity contribution in [3.63, 3.8) is 0 Å². The molecular formula is C20H22N4O. The molecule has 25 heavy (non-hydrogen) atoms. The van der Waals surface area contributed by atoms with Crippen molar-refractivity contribution in [3.8, 4) is 0 Å². The first-order chi connectivity index (χ1) is 12.3. The Labute approximate surface area is 147 Å². The summed E-state index contributed by atoms with van der Waals surface area (Å²) in [6, 6.07) is 10.8. The third kappa shape index (κ3) is 3.27. The number of rotatable bonds is 4. The molecule has 1 amide bonds. The van der Waals surface area contributed by atoms with Crippen LogP contribution in [0.25, 0.3) is 5.52 Å². The van der Waals surface area contributed by atoms with Gasteiger partial charge < -0.3 is 4.90 Å². The molecule has 128 valence electrons. The average Bonchev–Trinajstić information content (AvgIpc) is 3.11. The predicted octanol–water partition coefficient (Wildman–Crippen LogP) is 3.36. The van der Waals surface area contributed by atoms with Gasteiger partial charge >= 0.3 is 0 Å².